The lowest BCUT2D eigenvalue weighted by molar-refractivity contribution is 0.333. The summed E-state index contributed by atoms with van der Waals surface area (Å²) in [6, 6.07) is 19.6. The van der Waals surface area contributed by atoms with Crippen LogP contribution in [-0.4, -0.2) is 31.2 Å². The van der Waals surface area contributed by atoms with Crippen molar-refractivity contribution in [3.63, 3.8) is 0 Å². The molecule has 2 atom stereocenters. The predicted octanol–water partition coefficient (Wildman–Crippen LogP) is 5.40. The van der Waals surface area contributed by atoms with Crippen molar-refractivity contribution in [2.75, 3.05) is 20.1 Å². The summed E-state index contributed by atoms with van der Waals surface area (Å²) in [6.45, 7) is 2.23. The number of nitrogens with zero attached hydrogens (tertiary/aromatic N) is 1. The largest absolute Gasteiger partial charge is 0.306 e. The van der Waals surface area contributed by atoms with Crippen LogP contribution < -0.4 is 0 Å². The number of rotatable bonds is 8. The number of aryl methyl sites for hydroxylation is 1. The van der Waals surface area contributed by atoms with E-state index in [0.717, 1.165) is 38.8 Å². The molecule has 3 rings (SSSR count). The van der Waals surface area contributed by atoms with Gasteiger partial charge in [-0.25, -0.2) is 4.39 Å². The number of hydrogen-bond donors (Lipinski definition) is 0. The molecule has 0 aliphatic heterocycles. The third-order valence-corrected chi connectivity index (χ3v) is 5.45. The maximum atomic E-state index is 13.3. The smallest absolute Gasteiger partial charge is 0.101 e. The Morgan fingerprint density at radius 3 is 2.28 bits per heavy atom. The fourth-order valence-corrected chi connectivity index (χ4v) is 3.82. The number of benzene rings is 2. The summed E-state index contributed by atoms with van der Waals surface area (Å²) in [4.78, 5) is 2.42. The van der Waals surface area contributed by atoms with Crippen molar-refractivity contribution in [2.45, 2.75) is 50.6 Å². The van der Waals surface area contributed by atoms with E-state index in [0.29, 0.717) is 12.3 Å². The van der Waals surface area contributed by atoms with Crippen molar-refractivity contribution >= 4 is 0 Å². The standard InChI is InChI=1S/C23H30FN/c1-25(17-15-19-6-3-2-4-7-19)16-5-8-20-9-11-21(12-10-20)22-13-14-23(24)18-22/h2-4,6-7,9-12,22-23H,5,8,13-18H2,1H3. The Balaban J connectivity index is 1.37. The molecule has 0 radical (unpaired) electrons. The van der Waals surface area contributed by atoms with Gasteiger partial charge in [-0.1, -0.05) is 54.6 Å². The van der Waals surface area contributed by atoms with Gasteiger partial charge in [0.15, 0.2) is 0 Å². The molecule has 2 heteroatoms. The zero-order chi connectivity index (χ0) is 17.5. The lowest BCUT2D eigenvalue weighted by atomic mass is 9.96. The monoisotopic (exact) mass is 339 g/mol. The highest BCUT2D eigenvalue weighted by Gasteiger charge is 2.25. The number of hydrogen-bond acceptors (Lipinski definition) is 1. The van der Waals surface area contributed by atoms with Crippen LogP contribution in [0.1, 0.15) is 48.3 Å². The van der Waals surface area contributed by atoms with Crippen LogP contribution in [0, 0.1) is 0 Å². The Morgan fingerprint density at radius 1 is 0.880 bits per heavy atom. The summed E-state index contributed by atoms with van der Waals surface area (Å²) in [6.07, 6.45) is 5.28. The first-order chi connectivity index (χ1) is 12.2. The topological polar surface area (TPSA) is 3.24 Å². The normalized spacial score (nSPS) is 20.3. The minimum Gasteiger partial charge on any atom is -0.306 e. The van der Waals surface area contributed by atoms with Crippen molar-refractivity contribution < 1.29 is 4.39 Å². The summed E-state index contributed by atoms with van der Waals surface area (Å²) in [5.74, 6) is 0.438. The molecule has 25 heavy (non-hydrogen) atoms. The first-order valence-corrected chi connectivity index (χ1v) is 9.66. The van der Waals surface area contributed by atoms with Gasteiger partial charge < -0.3 is 4.90 Å². The van der Waals surface area contributed by atoms with E-state index in [1.54, 1.807) is 0 Å². The Morgan fingerprint density at radius 2 is 1.60 bits per heavy atom. The third kappa shape index (κ3) is 5.67. The van der Waals surface area contributed by atoms with Crippen LogP contribution in [0.15, 0.2) is 54.6 Å². The van der Waals surface area contributed by atoms with E-state index in [2.05, 4.69) is 66.5 Å². The minimum atomic E-state index is -0.587. The Kier molecular flexibility index (Phi) is 6.63. The van der Waals surface area contributed by atoms with Gasteiger partial charge in [0.05, 0.1) is 0 Å². The fourth-order valence-electron chi connectivity index (χ4n) is 3.82. The molecule has 0 amide bonds. The molecule has 2 unspecified atom stereocenters. The van der Waals surface area contributed by atoms with Crippen molar-refractivity contribution in [3.05, 3.63) is 71.3 Å². The molecule has 1 aliphatic rings. The second-order valence-corrected chi connectivity index (χ2v) is 7.49. The lowest BCUT2D eigenvalue weighted by Crippen LogP contribution is -2.22. The van der Waals surface area contributed by atoms with Crippen molar-refractivity contribution in [3.8, 4) is 0 Å². The molecule has 0 N–H and O–H groups in total. The molecule has 1 nitrogen and oxygen atoms in total. The molecule has 0 aromatic heterocycles. The number of likely N-dealkylation sites (N-methyl/N-ethyl adjacent to an activating group) is 1. The Hall–Kier alpha value is -1.67. The quantitative estimate of drug-likeness (QED) is 0.622. The maximum absolute atomic E-state index is 13.3. The molecular weight excluding hydrogens is 309 g/mol. The molecule has 0 saturated heterocycles. The van der Waals surface area contributed by atoms with Crippen LogP contribution >= 0.6 is 0 Å². The van der Waals surface area contributed by atoms with E-state index in [9.17, 15) is 4.39 Å². The first-order valence-electron chi connectivity index (χ1n) is 9.66. The van der Waals surface area contributed by atoms with E-state index >= 15 is 0 Å². The Bertz CT molecular complexity index is 622. The second kappa shape index (κ2) is 9.15. The lowest BCUT2D eigenvalue weighted by Gasteiger charge is -2.16. The molecule has 0 spiro atoms. The Labute approximate surface area is 151 Å². The van der Waals surface area contributed by atoms with E-state index in [-0.39, 0.29) is 0 Å². The molecule has 2 aromatic rings. The number of alkyl halides is 1. The maximum Gasteiger partial charge on any atom is 0.101 e. The van der Waals surface area contributed by atoms with Crippen LogP contribution in [0.3, 0.4) is 0 Å². The highest BCUT2D eigenvalue weighted by Crippen LogP contribution is 2.35. The molecule has 1 fully saturated rings. The van der Waals surface area contributed by atoms with E-state index in [1.807, 2.05) is 0 Å². The minimum absolute atomic E-state index is 0.438. The van der Waals surface area contributed by atoms with Crippen LogP contribution in [0.4, 0.5) is 4.39 Å². The highest BCUT2D eigenvalue weighted by molar-refractivity contribution is 5.26. The molecular formula is C23H30FN. The summed E-state index contributed by atoms with van der Waals surface area (Å²) < 4.78 is 13.3. The van der Waals surface area contributed by atoms with E-state index < -0.39 is 6.17 Å². The van der Waals surface area contributed by atoms with E-state index in [4.69, 9.17) is 0 Å². The van der Waals surface area contributed by atoms with E-state index in [1.165, 1.54) is 23.1 Å². The molecule has 134 valence electrons. The van der Waals surface area contributed by atoms with Crippen LogP contribution in [0.5, 0.6) is 0 Å². The van der Waals surface area contributed by atoms with Crippen molar-refractivity contribution in [2.24, 2.45) is 0 Å². The molecule has 0 bridgehead atoms. The molecule has 2 aromatic carbocycles. The zero-order valence-electron chi connectivity index (χ0n) is 15.3. The first kappa shape index (κ1) is 18.1. The van der Waals surface area contributed by atoms with Gasteiger partial charge in [-0.2, -0.15) is 0 Å². The van der Waals surface area contributed by atoms with Crippen LogP contribution in [-0.2, 0) is 12.8 Å². The van der Waals surface area contributed by atoms with Crippen molar-refractivity contribution in [1.82, 2.24) is 4.90 Å². The van der Waals surface area contributed by atoms with Gasteiger partial charge in [-0.15, -0.1) is 0 Å². The van der Waals surface area contributed by atoms with Gasteiger partial charge in [0.2, 0.25) is 0 Å². The average Bonchev–Trinajstić information content (AvgIpc) is 3.08. The van der Waals surface area contributed by atoms with Crippen LogP contribution in [0.2, 0.25) is 0 Å². The van der Waals surface area contributed by atoms with Gasteiger partial charge in [0, 0.05) is 6.54 Å². The van der Waals surface area contributed by atoms with Gasteiger partial charge in [-0.05, 0) is 74.7 Å². The molecule has 1 saturated carbocycles. The fraction of sp³-hybridized carbons (Fsp3) is 0.478. The SMILES string of the molecule is CN(CCCc1ccc(C2CCC(F)C2)cc1)CCc1ccccc1. The highest BCUT2D eigenvalue weighted by atomic mass is 19.1. The van der Waals surface area contributed by atoms with Gasteiger partial charge in [0.25, 0.3) is 0 Å². The molecule has 1 aliphatic carbocycles. The summed E-state index contributed by atoms with van der Waals surface area (Å²) in [7, 11) is 2.21. The van der Waals surface area contributed by atoms with Gasteiger partial charge in [-0.3, -0.25) is 0 Å². The number of halogens is 1. The summed E-state index contributed by atoms with van der Waals surface area (Å²) >= 11 is 0. The zero-order valence-corrected chi connectivity index (χ0v) is 15.3. The average molecular weight is 339 g/mol. The summed E-state index contributed by atoms with van der Waals surface area (Å²) in [5.41, 5.74) is 4.13. The van der Waals surface area contributed by atoms with Gasteiger partial charge in [0.1, 0.15) is 6.17 Å². The molecule has 0 heterocycles. The third-order valence-electron chi connectivity index (χ3n) is 5.45. The summed E-state index contributed by atoms with van der Waals surface area (Å²) in [5, 5.41) is 0. The van der Waals surface area contributed by atoms with Gasteiger partial charge >= 0.3 is 0 Å². The van der Waals surface area contributed by atoms with Crippen LogP contribution in [0.25, 0.3) is 0 Å². The predicted molar refractivity (Wildman–Crippen MR) is 104 cm³/mol. The second-order valence-electron chi connectivity index (χ2n) is 7.49. The van der Waals surface area contributed by atoms with Crippen molar-refractivity contribution in [1.29, 1.82) is 0 Å².